The molecular weight excluding hydrogens is 464 g/mol. The molecule has 0 saturated heterocycles. The second kappa shape index (κ2) is 17.3. The lowest BCUT2D eigenvalue weighted by Crippen LogP contribution is -2.30. The minimum absolute atomic E-state index is 0.0141. The number of halogens is 1. The third-order valence-corrected chi connectivity index (χ3v) is 5.27. The maximum Gasteiger partial charge on any atom is 0.305 e. The molecule has 0 amide bonds. The van der Waals surface area contributed by atoms with Gasteiger partial charge in [-0.25, -0.2) is 0 Å². The Morgan fingerprint density at radius 1 is 0.971 bits per heavy atom. The molecule has 0 bridgehead atoms. The first-order valence-corrected chi connectivity index (χ1v) is 12.2. The number of nitrogens with zero attached hydrogens (tertiary/aromatic N) is 1. The van der Waals surface area contributed by atoms with Crippen molar-refractivity contribution in [2.45, 2.75) is 66.5 Å². The van der Waals surface area contributed by atoms with Gasteiger partial charge in [-0.3, -0.25) is 14.6 Å². The Kier molecular flexibility index (Phi) is 14.8. The number of unbranched alkanes of at least 4 members (excludes halogenated alkanes) is 1. The van der Waals surface area contributed by atoms with Gasteiger partial charge in [-0.1, -0.05) is 74.3 Å². The number of carbonyl (C=O) groups is 2. The summed E-state index contributed by atoms with van der Waals surface area (Å²) in [5, 5.41) is 3.39. The highest BCUT2D eigenvalue weighted by Crippen LogP contribution is 2.12. The Morgan fingerprint density at radius 2 is 1.63 bits per heavy atom. The average Bonchev–Trinajstić information content (AvgIpc) is 2.89. The molecule has 35 heavy (non-hydrogen) atoms. The van der Waals surface area contributed by atoms with Crippen LogP contribution in [-0.2, 0) is 27.5 Å². The minimum Gasteiger partial charge on any atom is -0.497 e. The molecule has 0 aliphatic carbocycles. The van der Waals surface area contributed by atoms with Crippen molar-refractivity contribution in [2.75, 3.05) is 7.11 Å². The Hall–Kier alpha value is -3.12. The lowest BCUT2D eigenvalue weighted by Gasteiger charge is -2.10. The van der Waals surface area contributed by atoms with E-state index in [1.54, 1.807) is 14.0 Å². The fourth-order valence-electron chi connectivity index (χ4n) is 2.62. The van der Waals surface area contributed by atoms with Crippen molar-refractivity contribution in [1.29, 1.82) is 0 Å². The average molecular weight is 501 g/mol. The molecule has 0 aromatic heterocycles. The summed E-state index contributed by atoms with van der Waals surface area (Å²) in [5.74, 6) is 0.946. The van der Waals surface area contributed by atoms with Gasteiger partial charge in [0.1, 0.15) is 17.5 Å². The second-order valence-electron chi connectivity index (χ2n) is 7.98. The molecule has 0 aliphatic rings. The number of esters is 1. The van der Waals surface area contributed by atoms with Gasteiger partial charge in [0.05, 0.1) is 13.7 Å². The second-order valence-corrected chi connectivity index (χ2v) is 8.36. The summed E-state index contributed by atoms with van der Waals surface area (Å²) in [7, 11) is 1.63. The number of ether oxygens (including phenoxy) is 2. The number of ketones is 1. The van der Waals surface area contributed by atoms with E-state index in [4.69, 9.17) is 21.1 Å². The molecule has 7 heteroatoms. The van der Waals surface area contributed by atoms with Crippen molar-refractivity contribution < 1.29 is 19.1 Å². The smallest absolute Gasteiger partial charge is 0.305 e. The quantitative estimate of drug-likeness (QED) is 0.163. The summed E-state index contributed by atoms with van der Waals surface area (Å²) >= 11 is 6.13. The molecule has 0 spiro atoms. The number of rotatable bonds is 11. The molecule has 6 nitrogen and oxygen atoms in total. The molecule has 0 saturated carbocycles. The van der Waals surface area contributed by atoms with Gasteiger partial charge in [-0.15, -0.1) is 0 Å². The standard InChI is InChI=1S/C18H25ClN2O2.C10H12O2/c1-5-6-7-16(22)18(21-17(19)13(2)3)20-12-14-8-10-15(23-4)11-9-14;1-2-10(11)12-8-9-6-4-3-5-7-9/h8-11H,5-7,12H2,1-4H3,(H,20,21);3-7H,2,8H2,1H3. The van der Waals surface area contributed by atoms with Crippen LogP contribution in [0.4, 0.5) is 0 Å². The van der Waals surface area contributed by atoms with E-state index in [9.17, 15) is 9.59 Å². The SMILES string of the molecule is CCC(=O)OCc1ccccc1.CCCCC(=O)C(=NCc1ccc(OC)cc1)NC(Cl)=C(C)C. The lowest BCUT2D eigenvalue weighted by molar-refractivity contribution is -0.144. The Labute approximate surface area is 214 Å². The third kappa shape index (κ3) is 12.8. The first-order chi connectivity index (χ1) is 16.8. The Bertz CT molecular complexity index is 966. The molecular formula is C28H37ClN2O4. The van der Waals surface area contributed by atoms with Crippen LogP contribution >= 0.6 is 11.6 Å². The van der Waals surface area contributed by atoms with Crippen LogP contribution in [0.1, 0.15) is 64.5 Å². The van der Waals surface area contributed by atoms with E-state index in [1.165, 1.54) is 0 Å². The topological polar surface area (TPSA) is 77.0 Å². The molecule has 0 radical (unpaired) electrons. The lowest BCUT2D eigenvalue weighted by atomic mass is 10.1. The van der Waals surface area contributed by atoms with Crippen LogP contribution in [0.25, 0.3) is 0 Å². The molecule has 2 aromatic carbocycles. The van der Waals surface area contributed by atoms with Gasteiger partial charge in [-0.05, 0) is 49.1 Å². The van der Waals surface area contributed by atoms with Crippen molar-refractivity contribution in [1.82, 2.24) is 5.32 Å². The van der Waals surface area contributed by atoms with Gasteiger partial charge >= 0.3 is 5.97 Å². The van der Waals surface area contributed by atoms with Crippen LogP contribution in [0.2, 0.25) is 0 Å². The van der Waals surface area contributed by atoms with Crippen LogP contribution in [0.5, 0.6) is 5.75 Å². The van der Waals surface area contributed by atoms with E-state index in [1.807, 2.05) is 68.4 Å². The Morgan fingerprint density at radius 3 is 2.17 bits per heavy atom. The van der Waals surface area contributed by atoms with Crippen molar-refractivity contribution in [3.8, 4) is 5.75 Å². The predicted molar refractivity (Wildman–Crippen MR) is 143 cm³/mol. The van der Waals surface area contributed by atoms with Gasteiger partial charge in [-0.2, -0.15) is 0 Å². The van der Waals surface area contributed by atoms with E-state index in [0.717, 1.165) is 35.3 Å². The van der Waals surface area contributed by atoms with Crippen molar-refractivity contribution in [2.24, 2.45) is 4.99 Å². The zero-order chi connectivity index (χ0) is 26.1. The number of methoxy groups -OCH3 is 1. The molecule has 190 valence electrons. The van der Waals surface area contributed by atoms with Gasteiger partial charge < -0.3 is 14.8 Å². The van der Waals surface area contributed by atoms with E-state index in [2.05, 4.69) is 17.2 Å². The highest BCUT2D eigenvalue weighted by Gasteiger charge is 2.12. The largest absolute Gasteiger partial charge is 0.497 e. The van der Waals surface area contributed by atoms with Crippen molar-refractivity contribution in [3.05, 3.63) is 76.5 Å². The summed E-state index contributed by atoms with van der Waals surface area (Å²) in [4.78, 5) is 27.5. The first kappa shape index (κ1) is 29.9. The van der Waals surface area contributed by atoms with Crippen LogP contribution in [0, 0.1) is 0 Å². The summed E-state index contributed by atoms with van der Waals surface area (Å²) in [5.41, 5.74) is 2.94. The maximum absolute atomic E-state index is 12.3. The Balaban J connectivity index is 0.000000427. The van der Waals surface area contributed by atoms with Crippen LogP contribution in [0.3, 0.4) is 0 Å². The molecule has 0 atom stereocenters. The number of amidine groups is 1. The number of hydrogen-bond donors (Lipinski definition) is 1. The third-order valence-electron chi connectivity index (χ3n) is 4.80. The van der Waals surface area contributed by atoms with Gasteiger partial charge in [0, 0.05) is 12.8 Å². The van der Waals surface area contributed by atoms with Crippen LogP contribution in [0.15, 0.2) is 70.3 Å². The van der Waals surface area contributed by atoms with E-state index < -0.39 is 0 Å². The van der Waals surface area contributed by atoms with Gasteiger partial charge in [0.25, 0.3) is 0 Å². The van der Waals surface area contributed by atoms with Crippen molar-refractivity contribution >= 4 is 29.2 Å². The number of allylic oxidation sites excluding steroid dienone is 1. The highest BCUT2D eigenvalue weighted by molar-refractivity contribution is 6.42. The normalized spacial score (nSPS) is 10.5. The molecule has 0 aliphatic heterocycles. The molecule has 0 fully saturated rings. The number of hydrogen-bond acceptors (Lipinski definition) is 5. The van der Waals surface area contributed by atoms with E-state index >= 15 is 0 Å². The monoisotopic (exact) mass is 500 g/mol. The number of aliphatic imine (C=N–C) groups is 1. The number of nitrogens with one attached hydrogen (secondary N) is 1. The van der Waals surface area contributed by atoms with Crippen LogP contribution in [-0.4, -0.2) is 24.7 Å². The zero-order valence-electron chi connectivity index (χ0n) is 21.4. The molecule has 2 rings (SSSR count). The summed E-state index contributed by atoms with van der Waals surface area (Å²) < 4.78 is 10.1. The minimum atomic E-state index is -0.154. The van der Waals surface area contributed by atoms with Gasteiger partial charge in [0.2, 0.25) is 0 Å². The summed E-state index contributed by atoms with van der Waals surface area (Å²) in [6.07, 6.45) is 2.72. The number of benzene rings is 2. The molecule has 2 aromatic rings. The summed E-state index contributed by atoms with van der Waals surface area (Å²) in [6, 6.07) is 17.3. The molecule has 0 unspecified atom stereocenters. The maximum atomic E-state index is 12.3. The van der Waals surface area contributed by atoms with E-state index in [0.29, 0.717) is 37.0 Å². The number of Topliss-reactive ketones (excluding diaryl/α,β-unsaturated/α-hetero) is 1. The first-order valence-electron chi connectivity index (χ1n) is 11.8. The fraction of sp³-hybridized carbons (Fsp3) is 0.393. The zero-order valence-corrected chi connectivity index (χ0v) is 22.2. The van der Waals surface area contributed by atoms with E-state index in [-0.39, 0.29) is 11.8 Å². The van der Waals surface area contributed by atoms with Crippen molar-refractivity contribution in [3.63, 3.8) is 0 Å². The number of carbonyl (C=O) groups excluding carboxylic acids is 2. The summed E-state index contributed by atoms with van der Waals surface area (Å²) in [6.45, 7) is 8.40. The van der Waals surface area contributed by atoms with Gasteiger partial charge in [0.15, 0.2) is 11.6 Å². The highest BCUT2D eigenvalue weighted by atomic mass is 35.5. The predicted octanol–water partition coefficient (Wildman–Crippen LogP) is 6.57. The van der Waals surface area contributed by atoms with Crippen LogP contribution < -0.4 is 10.1 Å². The molecule has 1 N–H and O–H groups in total. The molecule has 0 heterocycles. The fourth-order valence-corrected chi connectivity index (χ4v) is 2.71.